The number of amides is 2. The lowest BCUT2D eigenvalue weighted by Crippen LogP contribution is -2.39. The zero-order chi connectivity index (χ0) is 25.1. The Morgan fingerprint density at radius 2 is 2.06 bits per heavy atom. The van der Waals surface area contributed by atoms with E-state index in [1.807, 2.05) is 54.3 Å². The fourth-order valence-electron chi connectivity index (χ4n) is 4.49. The maximum absolute atomic E-state index is 12.8. The van der Waals surface area contributed by atoms with Crippen LogP contribution in [0.15, 0.2) is 67.1 Å². The maximum atomic E-state index is 12.8. The predicted octanol–water partition coefficient (Wildman–Crippen LogP) is 4.32. The molecule has 0 bridgehead atoms. The van der Waals surface area contributed by atoms with Crippen LogP contribution in [-0.4, -0.2) is 50.5 Å². The summed E-state index contributed by atoms with van der Waals surface area (Å²) in [6.07, 6.45) is 4.10. The summed E-state index contributed by atoms with van der Waals surface area (Å²) in [5, 5.41) is 7.08. The average Bonchev–Trinajstić information content (AvgIpc) is 3.53. The molecule has 1 aliphatic heterocycles. The van der Waals surface area contributed by atoms with Gasteiger partial charge in [0.25, 0.3) is 0 Å². The predicted molar refractivity (Wildman–Crippen MR) is 137 cm³/mol. The van der Waals surface area contributed by atoms with Gasteiger partial charge in [-0.2, -0.15) is 0 Å². The van der Waals surface area contributed by atoms with Crippen molar-refractivity contribution in [1.82, 2.24) is 24.8 Å². The van der Waals surface area contributed by atoms with Gasteiger partial charge in [-0.1, -0.05) is 12.1 Å². The van der Waals surface area contributed by atoms with Crippen molar-refractivity contribution in [2.24, 2.45) is 0 Å². The van der Waals surface area contributed by atoms with Gasteiger partial charge in [0.1, 0.15) is 12.1 Å². The summed E-state index contributed by atoms with van der Waals surface area (Å²) in [7, 11) is 0. The Hall–Kier alpha value is -4.24. The van der Waals surface area contributed by atoms with Gasteiger partial charge < -0.3 is 20.3 Å². The van der Waals surface area contributed by atoms with Gasteiger partial charge in [0, 0.05) is 42.8 Å². The number of hydrogen-bond donors (Lipinski definition) is 2. The minimum absolute atomic E-state index is 0.0196. The van der Waals surface area contributed by atoms with E-state index in [1.165, 1.54) is 6.33 Å². The van der Waals surface area contributed by atoms with Gasteiger partial charge >= 0.3 is 6.03 Å². The molecule has 1 unspecified atom stereocenters. The first-order chi connectivity index (χ1) is 17.5. The van der Waals surface area contributed by atoms with Gasteiger partial charge in [0.2, 0.25) is 11.8 Å². The van der Waals surface area contributed by atoms with Crippen molar-refractivity contribution in [2.75, 3.05) is 18.4 Å². The molecular weight excluding hydrogens is 456 g/mol. The van der Waals surface area contributed by atoms with E-state index in [4.69, 9.17) is 4.74 Å². The van der Waals surface area contributed by atoms with Crippen LogP contribution < -0.4 is 15.4 Å². The zero-order valence-electron chi connectivity index (χ0n) is 20.3. The molecule has 3 heterocycles. The zero-order valence-corrected chi connectivity index (χ0v) is 20.3. The van der Waals surface area contributed by atoms with E-state index < -0.39 is 0 Å². The fourth-order valence-corrected chi connectivity index (χ4v) is 4.49. The molecule has 9 nitrogen and oxygen atoms in total. The molecule has 0 aliphatic carbocycles. The van der Waals surface area contributed by atoms with E-state index in [-0.39, 0.29) is 18.0 Å². The van der Waals surface area contributed by atoms with Crippen molar-refractivity contribution in [3.63, 3.8) is 0 Å². The molecule has 2 aromatic heterocycles. The van der Waals surface area contributed by atoms with E-state index in [0.717, 1.165) is 41.7 Å². The molecule has 1 saturated heterocycles. The van der Waals surface area contributed by atoms with Crippen LogP contribution in [0.2, 0.25) is 0 Å². The fraction of sp³-hybridized carbons (Fsp3) is 0.259. The van der Waals surface area contributed by atoms with Crippen LogP contribution in [0.4, 0.5) is 10.5 Å². The van der Waals surface area contributed by atoms with Crippen LogP contribution in [0.25, 0.3) is 10.9 Å². The smallest absolute Gasteiger partial charge is 0.330 e. The molecule has 0 spiro atoms. The molecule has 0 radical (unpaired) electrons. The van der Waals surface area contributed by atoms with E-state index in [2.05, 4.69) is 20.6 Å². The lowest BCUT2D eigenvalue weighted by Gasteiger charge is -2.27. The minimum atomic E-state index is -0.239. The number of aromatic nitrogens is 3. The number of aryl methyl sites for hydroxylation is 1. The van der Waals surface area contributed by atoms with E-state index >= 15 is 0 Å². The number of benzene rings is 2. The molecule has 5 rings (SSSR count). The van der Waals surface area contributed by atoms with E-state index in [9.17, 15) is 9.59 Å². The highest BCUT2D eigenvalue weighted by atomic mass is 16.5. The number of rotatable bonds is 6. The second kappa shape index (κ2) is 10.2. The van der Waals surface area contributed by atoms with Crippen LogP contribution in [0.5, 0.6) is 11.6 Å². The molecule has 4 aromatic rings. The van der Waals surface area contributed by atoms with Gasteiger partial charge in [-0.25, -0.2) is 14.8 Å². The second-order valence-corrected chi connectivity index (χ2v) is 8.95. The van der Waals surface area contributed by atoms with Gasteiger partial charge in [-0.15, -0.1) is 0 Å². The Morgan fingerprint density at radius 1 is 1.17 bits per heavy atom. The highest BCUT2D eigenvalue weighted by molar-refractivity contribution is 5.98. The van der Waals surface area contributed by atoms with Gasteiger partial charge in [0.15, 0.2) is 0 Å². The van der Waals surface area contributed by atoms with Crippen molar-refractivity contribution in [3.05, 3.63) is 78.4 Å². The van der Waals surface area contributed by atoms with Crippen LogP contribution in [-0.2, 0) is 11.3 Å². The second-order valence-electron chi connectivity index (χ2n) is 8.95. The highest BCUT2D eigenvalue weighted by Gasteiger charge is 2.25. The molecule has 1 fully saturated rings. The highest BCUT2D eigenvalue weighted by Crippen LogP contribution is 2.26. The molecule has 1 atom stereocenters. The van der Waals surface area contributed by atoms with Crippen molar-refractivity contribution < 1.29 is 14.3 Å². The van der Waals surface area contributed by atoms with Crippen LogP contribution >= 0.6 is 0 Å². The molecule has 9 heteroatoms. The van der Waals surface area contributed by atoms with E-state index in [1.54, 1.807) is 29.8 Å². The first kappa shape index (κ1) is 23.5. The number of ether oxygens (including phenoxy) is 1. The van der Waals surface area contributed by atoms with Gasteiger partial charge in [0.05, 0.1) is 17.8 Å². The topological polar surface area (TPSA) is 101 Å². The Morgan fingerprint density at radius 3 is 2.83 bits per heavy atom. The summed E-state index contributed by atoms with van der Waals surface area (Å²) < 4.78 is 7.56. The van der Waals surface area contributed by atoms with Gasteiger partial charge in [-0.05, 0) is 61.9 Å². The lowest BCUT2D eigenvalue weighted by molar-refractivity contribution is -0.131. The Bertz CT molecular complexity index is 1410. The third-order valence-electron chi connectivity index (χ3n) is 6.28. The third kappa shape index (κ3) is 5.21. The lowest BCUT2D eigenvalue weighted by atomic mass is 10.2. The van der Waals surface area contributed by atoms with Crippen LogP contribution in [0.3, 0.4) is 0 Å². The Labute approximate surface area is 209 Å². The first-order valence-corrected chi connectivity index (χ1v) is 11.9. The number of anilines is 1. The SMILES string of the molecule is CC(=O)N(Cc1cc(Oc2ccc3c(ccn3C(=O)Nc3cccc(C)c3)c2)ncn1)C1CCNC1. The normalized spacial score (nSPS) is 15.1. The molecule has 2 aromatic carbocycles. The molecule has 0 saturated carbocycles. The minimum Gasteiger partial charge on any atom is -0.439 e. The monoisotopic (exact) mass is 484 g/mol. The van der Waals surface area contributed by atoms with Crippen molar-refractivity contribution in [3.8, 4) is 11.6 Å². The molecular formula is C27H28N6O3. The number of nitrogens with one attached hydrogen (secondary N) is 2. The third-order valence-corrected chi connectivity index (χ3v) is 6.28. The number of nitrogens with zero attached hydrogens (tertiary/aromatic N) is 4. The molecule has 1 aliphatic rings. The number of carbonyl (C=O) groups excluding carboxylic acids is 2. The Balaban J connectivity index is 1.30. The maximum Gasteiger partial charge on any atom is 0.330 e. The van der Waals surface area contributed by atoms with Gasteiger partial charge in [-0.3, -0.25) is 9.36 Å². The van der Waals surface area contributed by atoms with E-state index in [0.29, 0.717) is 23.9 Å². The first-order valence-electron chi connectivity index (χ1n) is 11.9. The van der Waals surface area contributed by atoms with Crippen LogP contribution in [0.1, 0.15) is 24.6 Å². The summed E-state index contributed by atoms with van der Waals surface area (Å²) in [6.45, 7) is 5.66. The average molecular weight is 485 g/mol. The number of hydrogen-bond acceptors (Lipinski definition) is 6. The summed E-state index contributed by atoms with van der Waals surface area (Å²) in [4.78, 5) is 35.4. The summed E-state index contributed by atoms with van der Waals surface area (Å²) in [6, 6.07) is 16.7. The largest absolute Gasteiger partial charge is 0.439 e. The number of fused-ring (bicyclic) bond motifs is 1. The summed E-state index contributed by atoms with van der Waals surface area (Å²) in [5.74, 6) is 1.00. The van der Waals surface area contributed by atoms with Crippen molar-refractivity contribution >= 4 is 28.5 Å². The van der Waals surface area contributed by atoms with Crippen LogP contribution in [0, 0.1) is 6.92 Å². The molecule has 2 N–H and O–H groups in total. The summed E-state index contributed by atoms with van der Waals surface area (Å²) >= 11 is 0. The standard InChI is InChI=1S/C27H28N6O3/c1-18-4-3-5-21(12-18)31-27(35)32-11-9-20-13-24(6-7-25(20)32)36-26-14-22(29-17-30-26)16-33(19(2)34)23-8-10-28-15-23/h3-7,9,11-14,17,23,28H,8,10,15-16H2,1-2H3,(H,31,35). The summed E-state index contributed by atoms with van der Waals surface area (Å²) in [5.41, 5.74) is 3.29. The Kier molecular flexibility index (Phi) is 6.64. The van der Waals surface area contributed by atoms with Crippen molar-refractivity contribution in [1.29, 1.82) is 0 Å². The molecule has 184 valence electrons. The number of carbonyl (C=O) groups is 2. The molecule has 36 heavy (non-hydrogen) atoms. The van der Waals surface area contributed by atoms with Crippen molar-refractivity contribution in [2.45, 2.75) is 32.9 Å². The molecule has 2 amide bonds. The quantitative estimate of drug-likeness (QED) is 0.423.